The zero-order valence-electron chi connectivity index (χ0n) is 6.47. The molecular formula is C6H12O5S. The highest BCUT2D eigenvalue weighted by Crippen LogP contribution is 1.96. The molecule has 0 saturated heterocycles. The summed E-state index contributed by atoms with van der Waals surface area (Å²) in [5, 5.41) is 16.6. The molecule has 0 saturated carbocycles. The average Bonchev–Trinajstić information content (AvgIpc) is 2.03. The summed E-state index contributed by atoms with van der Waals surface area (Å²) in [5.41, 5.74) is -1.11. The van der Waals surface area contributed by atoms with Crippen molar-refractivity contribution in [1.82, 2.24) is 0 Å². The molecule has 0 bridgehead atoms. The second kappa shape index (κ2) is 7.35. The van der Waals surface area contributed by atoms with Crippen molar-refractivity contribution in [2.45, 2.75) is 5.44 Å². The Labute approximate surface area is 75.7 Å². The second-order valence-electron chi connectivity index (χ2n) is 1.90. The molecule has 0 aromatic rings. The molecule has 1 atom stereocenters. The van der Waals surface area contributed by atoms with Crippen LogP contribution in [-0.4, -0.2) is 48.0 Å². The first kappa shape index (κ1) is 11.7. The second-order valence-corrected chi connectivity index (χ2v) is 2.37. The van der Waals surface area contributed by atoms with E-state index in [4.69, 9.17) is 19.7 Å². The van der Waals surface area contributed by atoms with Gasteiger partial charge < -0.3 is 19.7 Å². The van der Waals surface area contributed by atoms with E-state index in [2.05, 4.69) is 12.6 Å². The SMILES string of the molecule is O=C(O)C(S)OCCOCCO. The number of carbonyl (C=O) groups is 1. The van der Waals surface area contributed by atoms with Gasteiger partial charge in [0.25, 0.3) is 0 Å². The van der Waals surface area contributed by atoms with E-state index >= 15 is 0 Å². The molecule has 0 spiro atoms. The molecule has 0 aromatic carbocycles. The predicted molar refractivity (Wildman–Crippen MR) is 44.3 cm³/mol. The third-order valence-corrected chi connectivity index (χ3v) is 1.32. The van der Waals surface area contributed by atoms with Crippen LogP contribution in [0.5, 0.6) is 0 Å². The lowest BCUT2D eigenvalue weighted by atomic mass is 10.7. The standard InChI is InChI=1S/C6H12O5S/c7-1-2-10-3-4-11-6(12)5(8)9/h6-7,12H,1-4H2,(H,8,9). The Balaban J connectivity index is 3.14. The van der Waals surface area contributed by atoms with Gasteiger partial charge >= 0.3 is 5.97 Å². The molecule has 5 nitrogen and oxygen atoms in total. The lowest BCUT2D eigenvalue weighted by Crippen LogP contribution is -2.20. The third-order valence-electron chi connectivity index (χ3n) is 0.950. The normalized spacial score (nSPS) is 12.8. The van der Waals surface area contributed by atoms with E-state index in [1.165, 1.54) is 0 Å². The fraction of sp³-hybridized carbons (Fsp3) is 0.833. The molecule has 0 aliphatic carbocycles. The Morgan fingerprint density at radius 3 is 2.58 bits per heavy atom. The van der Waals surface area contributed by atoms with Gasteiger partial charge in [0.05, 0.1) is 26.4 Å². The number of rotatable bonds is 7. The number of aliphatic hydroxyl groups is 1. The van der Waals surface area contributed by atoms with E-state index in [0.717, 1.165) is 0 Å². The van der Waals surface area contributed by atoms with E-state index in [1.54, 1.807) is 0 Å². The zero-order valence-corrected chi connectivity index (χ0v) is 7.37. The van der Waals surface area contributed by atoms with Crippen molar-refractivity contribution in [3.63, 3.8) is 0 Å². The summed E-state index contributed by atoms with van der Waals surface area (Å²) < 4.78 is 9.52. The molecule has 0 heterocycles. The van der Waals surface area contributed by atoms with Gasteiger partial charge in [0.1, 0.15) is 0 Å². The first-order valence-corrected chi connectivity index (χ1v) is 3.91. The highest BCUT2D eigenvalue weighted by Gasteiger charge is 2.10. The van der Waals surface area contributed by atoms with Gasteiger partial charge in [-0.25, -0.2) is 4.79 Å². The van der Waals surface area contributed by atoms with Crippen molar-refractivity contribution in [2.75, 3.05) is 26.4 Å². The summed E-state index contributed by atoms with van der Waals surface area (Å²) in [7, 11) is 0. The molecule has 6 heteroatoms. The smallest absolute Gasteiger partial charge is 0.343 e. The third kappa shape index (κ3) is 6.41. The van der Waals surface area contributed by atoms with Crippen LogP contribution in [0, 0.1) is 0 Å². The average molecular weight is 196 g/mol. The van der Waals surface area contributed by atoms with Gasteiger partial charge in [-0.05, 0) is 0 Å². The molecule has 0 rings (SSSR count). The van der Waals surface area contributed by atoms with Crippen molar-refractivity contribution in [1.29, 1.82) is 0 Å². The van der Waals surface area contributed by atoms with E-state index < -0.39 is 11.4 Å². The monoisotopic (exact) mass is 196 g/mol. The maximum absolute atomic E-state index is 10.1. The van der Waals surface area contributed by atoms with Crippen molar-refractivity contribution in [2.24, 2.45) is 0 Å². The highest BCUT2D eigenvalue weighted by atomic mass is 32.1. The highest BCUT2D eigenvalue weighted by molar-refractivity contribution is 7.81. The molecule has 12 heavy (non-hydrogen) atoms. The molecule has 0 amide bonds. The number of hydrogen-bond acceptors (Lipinski definition) is 5. The van der Waals surface area contributed by atoms with Gasteiger partial charge in [-0.15, -0.1) is 12.6 Å². The molecule has 2 N–H and O–H groups in total. The number of hydrogen-bond donors (Lipinski definition) is 3. The van der Waals surface area contributed by atoms with Crippen LogP contribution in [0.25, 0.3) is 0 Å². The number of thiol groups is 1. The topological polar surface area (TPSA) is 76.0 Å². The molecule has 0 fully saturated rings. The Morgan fingerprint density at radius 2 is 2.08 bits per heavy atom. The number of carboxylic acids is 1. The van der Waals surface area contributed by atoms with Gasteiger partial charge in [-0.1, -0.05) is 0 Å². The van der Waals surface area contributed by atoms with Crippen LogP contribution in [0.1, 0.15) is 0 Å². The number of aliphatic hydroxyl groups excluding tert-OH is 1. The minimum Gasteiger partial charge on any atom is -0.479 e. The summed E-state index contributed by atoms with van der Waals surface area (Å²) in [6, 6.07) is 0. The molecule has 0 radical (unpaired) electrons. The first-order valence-electron chi connectivity index (χ1n) is 3.39. The molecule has 72 valence electrons. The van der Waals surface area contributed by atoms with Gasteiger partial charge in [0, 0.05) is 0 Å². The van der Waals surface area contributed by atoms with E-state index in [9.17, 15) is 4.79 Å². The molecule has 0 aliphatic rings. The van der Waals surface area contributed by atoms with Gasteiger partial charge in [-0.2, -0.15) is 0 Å². The summed E-state index contributed by atoms with van der Waals surface area (Å²) in [4.78, 5) is 10.1. The minimum atomic E-state index is -1.12. The summed E-state index contributed by atoms with van der Waals surface area (Å²) in [5.74, 6) is -1.12. The van der Waals surface area contributed by atoms with Crippen LogP contribution in [0.4, 0.5) is 0 Å². The van der Waals surface area contributed by atoms with Crippen molar-refractivity contribution >= 4 is 18.6 Å². The molecule has 0 aliphatic heterocycles. The Kier molecular flexibility index (Phi) is 7.17. The quantitative estimate of drug-likeness (QED) is 0.287. The van der Waals surface area contributed by atoms with Gasteiger partial charge in [0.15, 0.2) is 5.44 Å². The lowest BCUT2D eigenvalue weighted by molar-refractivity contribution is -0.145. The molecule has 1 unspecified atom stereocenters. The van der Waals surface area contributed by atoms with Crippen molar-refractivity contribution < 1.29 is 24.5 Å². The maximum atomic E-state index is 10.1. The predicted octanol–water partition coefficient (Wildman–Crippen LogP) is -0.648. The number of aliphatic carboxylic acids is 1. The minimum absolute atomic E-state index is 0.0523. The number of carboxylic acid groups (broad SMARTS) is 1. The van der Waals surface area contributed by atoms with Crippen molar-refractivity contribution in [3.8, 4) is 0 Å². The van der Waals surface area contributed by atoms with E-state index in [1.807, 2.05) is 0 Å². The zero-order chi connectivity index (χ0) is 9.40. The van der Waals surface area contributed by atoms with Crippen LogP contribution < -0.4 is 0 Å². The largest absolute Gasteiger partial charge is 0.479 e. The number of ether oxygens (including phenoxy) is 2. The summed E-state index contributed by atoms with van der Waals surface area (Å²) in [6.45, 7) is 0.586. The van der Waals surface area contributed by atoms with Crippen LogP contribution in [0.3, 0.4) is 0 Å². The summed E-state index contributed by atoms with van der Waals surface area (Å²) >= 11 is 3.62. The van der Waals surface area contributed by atoms with Crippen LogP contribution in [0.2, 0.25) is 0 Å². The lowest BCUT2D eigenvalue weighted by Gasteiger charge is -2.07. The molecular weight excluding hydrogens is 184 g/mol. The van der Waals surface area contributed by atoms with Gasteiger partial charge in [0.2, 0.25) is 0 Å². The van der Waals surface area contributed by atoms with Crippen LogP contribution >= 0.6 is 12.6 Å². The fourth-order valence-electron chi connectivity index (χ4n) is 0.457. The van der Waals surface area contributed by atoms with Crippen molar-refractivity contribution in [3.05, 3.63) is 0 Å². The Bertz CT molecular complexity index is 129. The fourth-order valence-corrected chi connectivity index (χ4v) is 0.562. The van der Waals surface area contributed by atoms with E-state index in [0.29, 0.717) is 0 Å². The first-order chi connectivity index (χ1) is 5.68. The maximum Gasteiger partial charge on any atom is 0.343 e. The van der Waals surface area contributed by atoms with E-state index in [-0.39, 0.29) is 26.4 Å². The molecule has 0 aromatic heterocycles. The van der Waals surface area contributed by atoms with Gasteiger partial charge in [-0.3, -0.25) is 0 Å². The Morgan fingerprint density at radius 1 is 1.42 bits per heavy atom. The van der Waals surface area contributed by atoms with Crippen LogP contribution in [-0.2, 0) is 14.3 Å². The summed E-state index contributed by atoms with van der Waals surface area (Å²) in [6.07, 6.45) is 0. The van der Waals surface area contributed by atoms with Crippen LogP contribution in [0.15, 0.2) is 0 Å². The Hall–Kier alpha value is -0.300.